The van der Waals surface area contributed by atoms with Crippen molar-refractivity contribution in [3.05, 3.63) is 0 Å². The van der Waals surface area contributed by atoms with Gasteiger partial charge in [0.25, 0.3) is 5.91 Å². The highest BCUT2D eigenvalue weighted by Gasteiger charge is 2.33. The van der Waals surface area contributed by atoms with Crippen LogP contribution in [0.25, 0.3) is 0 Å². The van der Waals surface area contributed by atoms with Gasteiger partial charge in [-0.3, -0.25) is 9.59 Å². The summed E-state index contributed by atoms with van der Waals surface area (Å²) in [5.41, 5.74) is 0. The topological polar surface area (TPSA) is 151 Å². The van der Waals surface area contributed by atoms with Crippen molar-refractivity contribution in [2.24, 2.45) is 0 Å². The van der Waals surface area contributed by atoms with Crippen LogP contribution in [0.2, 0.25) is 0 Å². The van der Waals surface area contributed by atoms with Crippen LogP contribution in [0.15, 0.2) is 0 Å². The van der Waals surface area contributed by atoms with E-state index in [-0.39, 0.29) is 12.5 Å². The molecule has 0 aliphatic rings. The molecule has 9 heteroatoms. The summed E-state index contributed by atoms with van der Waals surface area (Å²) < 4.78 is 0. The molecule has 9 nitrogen and oxygen atoms in total. The lowest BCUT2D eigenvalue weighted by atomic mass is 10.0. The predicted molar refractivity (Wildman–Crippen MR) is 183 cm³/mol. The highest BCUT2D eigenvalue weighted by molar-refractivity contribution is 5.81. The van der Waals surface area contributed by atoms with Gasteiger partial charge >= 0.3 is 0 Å². The summed E-state index contributed by atoms with van der Waals surface area (Å²) in [4.78, 5) is 27.2. The number of amides is 2. The molecule has 0 fully saturated rings. The molecule has 0 aliphatic heterocycles. The second kappa shape index (κ2) is 31.3. The van der Waals surface area contributed by atoms with Gasteiger partial charge in [0.2, 0.25) is 5.91 Å². The molecule has 0 aliphatic carbocycles. The zero-order valence-corrected chi connectivity index (χ0v) is 29.1. The minimum absolute atomic E-state index is 0.209. The maximum Gasteiger partial charge on any atom is 0.251 e. The molecule has 0 aromatic heterocycles. The normalized spacial score (nSPS) is 14.2. The van der Waals surface area contributed by atoms with E-state index in [1.165, 1.54) is 116 Å². The summed E-state index contributed by atoms with van der Waals surface area (Å²) in [5.74, 6) is -0.650. The van der Waals surface area contributed by atoms with Crippen LogP contribution in [-0.4, -0.2) is 92.9 Å². The van der Waals surface area contributed by atoms with Gasteiger partial charge in [-0.05, 0) is 25.7 Å². The lowest BCUT2D eigenvalue weighted by Gasteiger charge is -2.25. The Morgan fingerprint density at radius 3 is 1.38 bits per heavy atom. The van der Waals surface area contributed by atoms with Crippen LogP contribution >= 0.6 is 0 Å². The molecule has 45 heavy (non-hydrogen) atoms. The van der Waals surface area contributed by atoms with Gasteiger partial charge in [0.1, 0.15) is 18.3 Å². The van der Waals surface area contributed by atoms with Crippen LogP contribution in [0, 0.1) is 0 Å². The van der Waals surface area contributed by atoms with Crippen LogP contribution in [0.3, 0.4) is 0 Å². The van der Waals surface area contributed by atoms with Crippen molar-refractivity contribution < 1.29 is 35.1 Å². The third-order valence-electron chi connectivity index (χ3n) is 8.81. The van der Waals surface area contributed by atoms with Gasteiger partial charge in [-0.2, -0.15) is 0 Å². The second-order valence-corrected chi connectivity index (χ2v) is 13.0. The van der Waals surface area contributed by atoms with Gasteiger partial charge in [0.15, 0.2) is 6.10 Å². The first kappa shape index (κ1) is 43.7. The predicted octanol–water partition coefficient (Wildman–Crippen LogP) is 5.77. The molecule has 0 aromatic rings. The molecular formula is C36H72N2O7. The minimum atomic E-state index is -1.92. The Kier molecular flexibility index (Phi) is 30.5. The molecule has 0 rings (SSSR count). The summed E-state index contributed by atoms with van der Waals surface area (Å²) in [5, 5.41) is 50.2. The van der Waals surface area contributed by atoms with Crippen molar-refractivity contribution >= 4 is 11.8 Å². The fraction of sp³-hybridized carbons (Fsp3) is 0.944. The third kappa shape index (κ3) is 24.6. The summed E-state index contributed by atoms with van der Waals surface area (Å²) in [6.07, 6.45) is 20.7. The largest absolute Gasteiger partial charge is 0.394 e. The first-order valence-corrected chi connectivity index (χ1v) is 18.7. The molecular weight excluding hydrogens is 572 g/mol. The fourth-order valence-electron chi connectivity index (χ4n) is 5.67. The summed E-state index contributed by atoms with van der Waals surface area (Å²) >= 11 is 0. The molecule has 0 heterocycles. The SMILES string of the molecule is CCCCCCCCCCCCN(CCCCCCCCCCCC)C(=O)CCCCCNC(=O)[C@H](O)[C@@H](O)[C@H](O)[C@@H](O)CO. The van der Waals surface area contributed by atoms with E-state index in [1.807, 2.05) is 0 Å². The first-order valence-electron chi connectivity index (χ1n) is 18.7. The van der Waals surface area contributed by atoms with Gasteiger partial charge in [-0.25, -0.2) is 0 Å². The van der Waals surface area contributed by atoms with Crippen LogP contribution in [0.5, 0.6) is 0 Å². The molecule has 0 bridgehead atoms. The maximum absolute atomic E-state index is 13.1. The quantitative estimate of drug-likeness (QED) is 0.0497. The minimum Gasteiger partial charge on any atom is -0.394 e. The van der Waals surface area contributed by atoms with Crippen LogP contribution in [0.1, 0.15) is 168 Å². The molecule has 2 amide bonds. The highest BCUT2D eigenvalue weighted by Crippen LogP contribution is 2.14. The maximum atomic E-state index is 13.1. The van der Waals surface area contributed by atoms with E-state index < -0.39 is 36.9 Å². The van der Waals surface area contributed by atoms with E-state index in [1.54, 1.807) is 0 Å². The van der Waals surface area contributed by atoms with E-state index in [0.717, 1.165) is 32.4 Å². The molecule has 0 aromatic carbocycles. The Bertz CT molecular complexity index is 658. The van der Waals surface area contributed by atoms with E-state index >= 15 is 0 Å². The Hall–Kier alpha value is -1.26. The van der Waals surface area contributed by atoms with Crippen molar-refractivity contribution in [1.29, 1.82) is 0 Å². The van der Waals surface area contributed by atoms with Crippen molar-refractivity contribution in [3.63, 3.8) is 0 Å². The van der Waals surface area contributed by atoms with Gasteiger partial charge in [0.05, 0.1) is 6.61 Å². The molecule has 4 atom stereocenters. The molecule has 0 radical (unpaired) electrons. The van der Waals surface area contributed by atoms with Crippen LogP contribution in [0.4, 0.5) is 0 Å². The lowest BCUT2D eigenvalue weighted by molar-refractivity contribution is -0.148. The van der Waals surface area contributed by atoms with E-state index in [4.69, 9.17) is 5.11 Å². The number of nitrogens with zero attached hydrogens (tertiary/aromatic N) is 1. The van der Waals surface area contributed by atoms with Crippen molar-refractivity contribution in [3.8, 4) is 0 Å². The number of carbonyl (C=O) groups excluding carboxylic acids is 2. The van der Waals surface area contributed by atoms with Gasteiger partial charge in [0, 0.05) is 26.1 Å². The number of hydrogen-bond donors (Lipinski definition) is 6. The van der Waals surface area contributed by atoms with Crippen molar-refractivity contribution in [1.82, 2.24) is 10.2 Å². The number of aliphatic hydroxyl groups is 5. The number of unbranched alkanes of at least 4 members (excludes halogenated alkanes) is 20. The number of carbonyl (C=O) groups is 2. The summed E-state index contributed by atoms with van der Waals surface area (Å²) in [6, 6.07) is 0. The van der Waals surface area contributed by atoms with E-state index in [2.05, 4.69) is 24.1 Å². The molecule has 0 saturated heterocycles. The average molecular weight is 645 g/mol. The van der Waals surface area contributed by atoms with Gasteiger partial charge in [-0.15, -0.1) is 0 Å². The van der Waals surface area contributed by atoms with E-state index in [9.17, 15) is 30.0 Å². The number of nitrogens with one attached hydrogen (secondary N) is 1. The molecule has 268 valence electrons. The second-order valence-electron chi connectivity index (χ2n) is 13.0. The van der Waals surface area contributed by atoms with Crippen molar-refractivity contribution in [2.75, 3.05) is 26.2 Å². The number of aliphatic hydroxyl groups excluding tert-OH is 5. The first-order chi connectivity index (χ1) is 21.8. The van der Waals surface area contributed by atoms with Crippen LogP contribution < -0.4 is 5.32 Å². The third-order valence-corrected chi connectivity index (χ3v) is 8.81. The van der Waals surface area contributed by atoms with E-state index in [0.29, 0.717) is 19.3 Å². The fourth-order valence-corrected chi connectivity index (χ4v) is 5.67. The smallest absolute Gasteiger partial charge is 0.251 e. The zero-order valence-electron chi connectivity index (χ0n) is 29.1. The average Bonchev–Trinajstić information content (AvgIpc) is 3.05. The molecule has 0 unspecified atom stereocenters. The van der Waals surface area contributed by atoms with Gasteiger partial charge in [-0.1, -0.05) is 136 Å². The Balaban J connectivity index is 4.37. The summed E-state index contributed by atoms with van der Waals surface area (Å²) in [7, 11) is 0. The standard InChI is InChI=1S/C36H72N2O7/c1-3-5-7-9-11-13-15-17-19-24-28-38(29-25-20-18-16-14-12-10-8-6-4-2)32(41)26-22-21-23-27-37-36(45)35(44)34(43)33(42)31(40)30-39/h31,33-35,39-40,42-44H,3-30H2,1-2H3,(H,37,45)/t31-,33+,34-,35+/m0/s1. The molecule has 6 N–H and O–H groups in total. The Morgan fingerprint density at radius 1 is 0.556 bits per heavy atom. The number of hydrogen-bond acceptors (Lipinski definition) is 7. The monoisotopic (exact) mass is 645 g/mol. The molecule has 0 spiro atoms. The number of rotatable bonds is 33. The van der Waals surface area contributed by atoms with Gasteiger partial charge < -0.3 is 35.7 Å². The molecule has 0 saturated carbocycles. The van der Waals surface area contributed by atoms with Crippen LogP contribution in [-0.2, 0) is 9.59 Å². The lowest BCUT2D eigenvalue weighted by Crippen LogP contribution is -2.51. The Morgan fingerprint density at radius 2 is 0.956 bits per heavy atom. The summed E-state index contributed by atoms with van der Waals surface area (Å²) in [6.45, 7) is 5.62. The highest BCUT2D eigenvalue weighted by atomic mass is 16.4. The zero-order chi connectivity index (χ0) is 33.5. The Labute approximate surface area is 275 Å². The van der Waals surface area contributed by atoms with Crippen molar-refractivity contribution in [2.45, 2.75) is 192 Å².